The summed E-state index contributed by atoms with van der Waals surface area (Å²) in [5.74, 6) is -0.434. The molecule has 2 aromatic rings. The summed E-state index contributed by atoms with van der Waals surface area (Å²) in [6.07, 6.45) is 2.01. The number of carbonyl (C=O) groups excluding carboxylic acids is 2. The maximum absolute atomic E-state index is 13.1. The zero-order valence-corrected chi connectivity index (χ0v) is 16.5. The van der Waals surface area contributed by atoms with Crippen LogP contribution in [0.5, 0.6) is 0 Å². The van der Waals surface area contributed by atoms with Gasteiger partial charge in [0.1, 0.15) is 0 Å². The number of anilines is 1. The topological polar surface area (TPSA) is 75.7 Å². The maximum atomic E-state index is 13.1. The summed E-state index contributed by atoms with van der Waals surface area (Å²) < 4.78 is 18.7. The van der Waals surface area contributed by atoms with E-state index in [4.69, 9.17) is 4.74 Å². The van der Waals surface area contributed by atoms with Crippen LogP contribution in [0.2, 0.25) is 0 Å². The number of hydrogen-bond donors (Lipinski definition) is 1. The van der Waals surface area contributed by atoms with Crippen LogP contribution in [0.4, 0.5) is 5.69 Å². The predicted molar refractivity (Wildman–Crippen MR) is 106 cm³/mol. The molecule has 1 N–H and O–H groups in total. The normalized spacial score (nSPS) is 21.0. The molecule has 7 heteroatoms. The van der Waals surface area contributed by atoms with E-state index in [0.717, 1.165) is 19.4 Å². The van der Waals surface area contributed by atoms with E-state index in [1.54, 1.807) is 47.4 Å². The fraction of sp³-hybridized carbons (Fsp3) is 0.333. The quantitative estimate of drug-likeness (QED) is 0.859. The standard InChI is InChI=1S/C21H22N2O4S/c1-2-23-17-12-14(20(24)22-13-15-6-5-11-27-15)9-10-19(17)28(26)18-8-4-3-7-16(18)21(23)25/h3-4,7-10,12,15H,2,5-6,11,13H2,1H3,(H,22,24). The van der Waals surface area contributed by atoms with Crippen molar-refractivity contribution in [2.24, 2.45) is 0 Å². The highest BCUT2D eigenvalue weighted by Crippen LogP contribution is 2.35. The Morgan fingerprint density at radius 3 is 2.82 bits per heavy atom. The van der Waals surface area contributed by atoms with Crippen molar-refractivity contribution in [3.05, 3.63) is 53.6 Å². The Morgan fingerprint density at radius 1 is 1.25 bits per heavy atom. The van der Waals surface area contributed by atoms with Crippen molar-refractivity contribution in [3.63, 3.8) is 0 Å². The molecule has 2 amide bonds. The van der Waals surface area contributed by atoms with Gasteiger partial charge in [0.05, 0.1) is 37.9 Å². The van der Waals surface area contributed by atoms with E-state index < -0.39 is 10.8 Å². The molecule has 2 aliphatic rings. The van der Waals surface area contributed by atoms with E-state index in [1.165, 1.54) is 0 Å². The third-order valence-corrected chi connectivity index (χ3v) is 6.60. The minimum absolute atomic E-state index is 0.0560. The van der Waals surface area contributed by atoms with Crippen molar-refractivity contribution in [2.45, 2.75) is 35.7 Å². The predicted octanol–water partition coefficient (Wildman–Crippen LogP) is 2.74. The van der Waals surface area contributed by atoms with Gasteiger partial charge in [-0.05, 0) is 50.1 Å². The third kappa shape index (κ3) is 3.36. The largest absolute Gasteiger partial charge is 0.376 e. The van der Waals surface area contributed by atoms with Crippen LogP contribution < -0.4 is 10.2 Å². The SMILES string of the molecule is CCN1C(=O)c2ccccc2S(=O)c2ccc(C(=O)NCC3CCCO3)cc21. The van der Waals surface area contributed by atoms with Crippen LogP contribution in [0.15, 0.2) is 52.3 Å². The van der Waals surface area contributed by atoms with Crippen LogP contribution in [0.25, 0.3) is 0 Å². The number of ether oxygens (including phenoxy) is 1. The number of fused-ring (bicyclic) bond motifs is 2. The minimum atomic E-state index is -1.49. The number of carbonyl (C=O) groups is 2. The molecule has 4 rings (SSSR count). The van der Waals surface area contributed by atoms with Gasteiger partial charge in [0, 0.05) is 25.3 Å². The van der Waals surface area contributed by atoms with Crippen molar-refractivity contribution in [1.82, 2.24) is 5.32 Å². The van der Waals surface area contributed by atoms with Crippen molar-refractivity contribution in [2.75, 3.05) is 24.6 Å². The molecule has 1 saturated heterocycles. The molecule has 0 saturated carbocycles. The molecule has 0 spiro atoms. The first kappa shape index (κ1) is 18.8. The lowest BCUT2D eigenvalue weighted by atomic mass is 10.1. The Balaban J connectivity index is 1.67. The molecule has 146 valence electrons. The van der Waals surface area contributed by atoms with E-state index in [2.05, 4.69) is 5.32 Å². The Labute approximate surface area is 166 Å². The second-order valence-electron chi connectivity index (χ2n) is 6.84. The van der Waals surface area contributed by atoms with Gasteiger partial charge < -0.3 is 15.0 Å². The molecule has 0 aromatic heterocycles. The first-order chi connectivity index (χ1) is 13.6. The first-order valence-electron chi connectivity index (χ1n) is 9.46. The van der Waals surface area contributed by atoms with Gasteiger partial charge in [-0.1, -0.05) is 12.1 Å². The third-order valence-electron chi connectivity index (χ3n) is 5.10. The maximum Gasteiger partial charge on any atom is 0.259 e. The molecule has 2 heterocycles. The smallest absolute Gasteiger partial charge is 0.259 e. The summed E-state index contributed by atoms with van der Waals surface area (Å²) in [5, 5.41) is 2.89. The van der Waals surface area contributed by atoms with Crippen LogP contribution in [0.3, 0.4) is 0 Å². The summed E-state index contributed by atoms with van der Waals surface area (Å²) in [7, 11) is -1.49. The molecule has 2 aliphatic heterocycles. The summed E-state index contributed by atoms with van der Waals surface area (Å²) in [6.45, 7) is 3.48. The number of benzene rings is 2. The van der Waals surface area contributed by atoms with E-state index in [9.17, 15) is 13.8 Å². The molecular formula is C21H22N2O4S. The molecule has 2 atom stereocenters. The number of nitrogens with one attached hydrogen (secondary N) is 1. The van der Waals surface area contributed by atoms with Crippen molar-refractivity contribution < 1.29 is 18.5 Å². The molecule has 0 radical (unpaired) electrons. The fourth-order valence-corrected chi connectivity index (χ4v) is 4.98. The highest BCUT2D eigenvalue weighted by atomic mass is 32.2. The van der Waals surface area contributed by atoms with Crippen LogP contribution in [-0.2, 0) is 15.5 Å². The molecule has 0 bridgehead atoms. The Kier molecular flexibility index (Phi) is 5.28. The summed E-state index contributed by atoms with van der Waals surface area (Å²) in [6, 6.07) is 12.0. The second kappa shape index (κ2) is 7.85. The molecule has 0 aliphatic carbocycles. The molecule has 6 nitrogen and oxygen atoms in total. The number of hydrogen-bond acceptors (Lipinski definition) is 4. The monoisotopic (exact) mass is 398 g/mol. The van der Waals surface area contributed by atoms with Crippen LogP contribution in [0.1, 0.15) is 40.5 Å². The number of amides is 2. The van der Waals surface area contributed by atoms with Crippen LogP contribution in [0, 0.1) is 0 Å². The molecule has 28 heavy (non-hydrogen) atoms. The Morgan fingerprint density at radius 2 is 2.07 bits per heavy atom. The minimum Gasteiger partial charge on any atom is -0.376 e. The molecule has 1 fully saturated rings. The zero-order valence-electron chi connectivity index (χ0n) is 15.6. The lowest BCUT2D eigenvalue weighted by Gasteiger charge is -2.21. The second-order valence-corrected chi connectivity index (χ2v) is 8.26. The van der Waals surface area contributed by atoms with E-state index >= 15 is 0 Å². The lowest BCUT2D eigenvalue weighted by molar-refractivity contribution is 0.0857. The number of nitrogens with zero attached hydrogens (tertiary/aromatic N) is 1. The Hall–Kier alpha value is -2.51. The van der Waals surface area contributed by atoms with E-state index in [1.807, 2.05) is 6.92 Å². The Bertz CT molecular complexity index is 953. The number of rotatable bonds is 4. The first-order valence-corrected chi connectivity index (χ1v) is 10.6. The average molecular weight is 398 g/mol. The van der Waals surface area contributed by atoms with Crippen molar-refractivity contribution in [3.8, 4) is 0 Å². The van der Waals surface area contributed by atoms with Gasteiger partial charge >= 0.3 is 0 Å². The van der Waals surface area contributed by atoms with Crippen LogP contribution in [-0.4, -0.2) is 41.8 Å². The van der Waals surface area contributed by atoms with Crippen molar-refractivity contribution >= 4 is 28.3 Å². The van der Waals surface area contributed by atoms with Gasteiger partial charge in [-0.2, -0.15) is 0 Å². The van der Waals surface area contributed by atoms with Gasteiger partial charge in [0.15, 0.2) is 0 Å². The van der Waals surface area contributed by atoms with Gasteiger partial charge in [0.2, 0.25) is 0 Å². The highest BCUT2D eigenvalue weighted by Gasteiger charge is 2.30. The fourth-order valence-electron chi connectivity index (χ4n) is 3.63. The van der Waals surface area contributed by atoms with E-state index in [-0.39, 0.29) is 17.9 Å². The van der Waals surface area contributed by atoms with Gasteiger partial charge in [0.25, 0.3) is 11.8 Å². The zero-order chi connectivity index (χ0) is 19.7. The van der Waals surface area contributed by atoms with Gasteiger partial charge in [-0.15, -0.1) is 0 Å². The molecule has 2 aromatic carbocycles. The summed E-state index contributed by atoms with van der Waals surface area (Å²) in [5.41, 5.74) is 1.39. The summed E-state index contributed by atoms with van der Waals surface area (Å²) in [4.78, 5) is 28.3. The van der Waals surface area contributed by atoms with Gasteiger partial charge in [-0.3, -0.25) is 9.59 Å². The average Bonchev–Trinajstić information content (AvgIpc) is 3.23. The molecule has 2 unspecified atom stereocenters. The highest BCUT2D eigenvalue weighted by molar-refractivity contribution is 7.85. The van der Waals surface area contributed by atoms with Crippen LogP contribution >= 0.6 is 0 Å². The summed E-state index contributed by atoms with van der Waals surface area (Å²) >= 11 is 0. The lowest BCUT2D eigenvalue weighted by Crippen LogP contribution is -2.33. The van der Waals surface area contributed by atoms with Crippen molar-refractivity contribution in [1.29, 1.82) is 0 Å². The van der Waals surface area contributed by atoms with E-state index in [0.29, 0.717) is 39.7 Å². The van der Waals surface area contributed by atoms with Gasteiger partial charge in [-0.25, -0.2) is 4.21 Å². The molecular weight excluding hydrogens is 376 g/mol.